The number of benzene rings is 2. The van der Waals surface area contributed by atoms with Crippen LogP contribution in [0.15, 0.2) is 53.4 Å². The summed E-state index contributed by atoms with van der Waals surface area (Å²) in [7, 11) is 3.42. The molecule has 2 aromatic carbocycles. The number of methoxy groups -OCH3 is 1. The molecule has 2 aromatic rings. The molecule has 0 spiro atoms. The zero-order valence-electron chi connectivity index (χ0n) is 12.8. The lowest BCUT2D eigenvalue weighted by Crippen LogP contribution is -2.10. The van der Waals surface area contributed by atoms with E-state index < -0.39 is 5.97 Å². The molecule has 0 radical (unpaired) electrons. The van der Waals surface area contributed by atoms with Crippen LogP contribution in [-0.2, 0) is 0 Å². The Kier molecular flexibility index (Phi) is 5.22. The molecular weight excluding hydrogens is 298 g/mol. The molecule has 116 valence electrons. The average Bonchev–Trinajstić information content (AvgIpc) is 2.56. The van der Waals surface area contributed by atoms with E-state index in [0.29, 0.717) is 5.56 Å². The van der Waals surface area contributed by atoms with Gasteiger partial charge >= 0.3 is 5.97 Å². The molecule has 0 saturated heterocycles. The maximum atomic E-state index is 10.9. The van der Waals surface area contributed by atoms with Gasteiger partial charge in [0.25, 0.3) is 0 Å². The van der Waals surface area contributed by atoms with Gasteiger partial charge in [-0.05, 0) is 60.8 Å². The van der Waals surface area contributed by atoms with E-state index in [2.05, 4.69) is 9.67 Å². The van der Waals surface area contributed by atoms with Crippen LogP contribution in [0.1, 0.15) is 17.3 Å². The summed E-state index contributed by atoms with van der Waals surface area (Å²) in [5.74, 6) is -0.0845. The van der Waals surface area contributed by atoms with Gasteiger partial charge in [-0.15, -0.1) is 0 Å². The van der Waals surface area contributed by atoms with E-state index in [0.717, 1.165) is 16.3 Å². The predicted octanol–water partition coefficient (Wildman–Crippen LogP) is 3.89. The standard InChI is InChI=1S/C17H19NO3S/c1-4-22(16-11-5-13(6-12-16)17(19)20)18(2)14-7-9-15(21-3)10-8-14/h4-12H,1-3H3,(H,19,20). The Morgan fingerprint density at radius 1 is 1.14 bits per heavy atom. The van der Waals surface area contributed by atoms with E-state index >= 15 is 0 Å². The van der Waals surface area contributed by atoms with Crippen molar-refractivity contribution in [3.63, 3.8) is 0 Å². The summed E-state index contributed by atoms with van der Waals surface area (Å²) in [6.07, 6.45) is 0. The molecule has 0 aliphatic rings. The highest BCUT2D eigenvalue weighted by atomic mass is 32.2. The Bertz CT molecular complexity index is 678. The molecule has 0 aliphatic carbocycles. The molecule has 2 rings (SSSR count). The van der Waals surface area contributed by atoms with E-state index in [9.17, 15) is 4.79 Å². The minimum Gasteiger partial charge on any atom is -0.497 e. The van der Waals surface area contributed by atoms with E-state index in [1.807, 2.05) is 50.4 Å². The fourth-order valence-corrected chi connectivity index (χ4v) is 3.76. The number of aromatic carboxylic acids is 1. The largest absolute Gasteiger partial charge is 0.497 e. The minimum atomic E-state index is -0.907. The lowest BCUT2D eigenvalue weighted by molar-refractivity contribution is 0.0697. The summed E-state index contributed by atoms with van der Waals surface area (Å²) >= 11 is 0. The van der Waals surface area contributed by atoms with Crippen molar-refractivity contribution in [2.24, 2.45) is 0 Å². The number of hydrogen-bond donors (Lipinski definition) is 1. The highest BCUT2D eigenvalue weighted by Crippen LogP contribution is 2.34. The van der Waals surface area contributed by atoms with Crippen LogP contribution in [-0.4, -0.2) is 30.6 Å². The zero-order chi connectivity index (χ0) is 16.1. The molecular formula is C17H19NO3S. The van der Waals surface area contributed by atoms with E-state index in [1.54, 1.807) is 19.2 Å². The molecule has 0 aromatic heterocycles. The second-order valence-electron chi connectivity index (χ2n) is 4.58. The molecule has 0 fully saturated rings. The molecule has 0 bridgehead atoms. The first-order valence-corrected chi connectivity index (χ1v) is 8.05. The summed E-state index contributed by atoms with van der Waals surface area (Å²) in [4.78, 5) is 12.0. The van der Waals surface area contributed by atoms with Gasteiger partial charge in [0.2, 0.25) is 0 Å². The van der Waals surface area contributed by atoms with Crippen molar-refractivity contribution in [3.05, 3.63) is 54.1 Å². The molecule has 5 heteroatoms. The second kappa shape index (κ2) is 7.13. The third-order valence-electron chi connectivity index (χ3n) is 3.30. The number of ether oxygens (including phenoxy) is 1. The van der Waals surface area contributed by atoms with Crippen LogP contribution in [0.3, 0.4) is 0 Å². The van der Waals surface area contributed by atoms with Crippen LogP contribution in [0, 0.1) is 0 Å². The lowest BCUT2D eigenvalue weighted by atomic mass is 10.2. The van der Waals surface area contributed by atoms with Crippen LogP contribution >= 0.6 is 10.7 Å². The van der Waals surface area contributed by atoms with Crippen molar-refractivity contribution in [1.82, 2.24) is 0 Å². The van der Waals surface area contributed by atoms with Crippen molar-refractivity contribution >= 4 is 27.7 Å². The number of carboxylic acids is 1. The Morgan fingerprint density at radius 3 is 2.18 bits per heavy atom. The van der Waals surface area contributed by atoms with Crippen molar-refractivity contribution in [2.45, 2.75) is 11.8 Å². The number of hydrogen-bond acceptors (Lipinski definition) is 3. The Labute approximate surface area is 133 Å². The van der Waals surface area contributed by atoms with Gasteiger partial charge < -0.3 is 14.1 Å². The summed E-state index contributed by atoms with van der Waals surface area (Å²) in [5, 5.41) is 11.1. The predicted molar refractivity (Wildman–Crippen MR) is 92.4 cm³/mol. The zero-order valence-corrected chi connectivity index (χ0v) is 13.6. The normalized spacial score (nSPS) is 12.0. The highest BCUT2D eigenvalue weighted by Gasteiger charge is 2.09. The molecule has 4 nitrogen and oxygen atoms in total. The summed E-state index contributed by atoms with van der Waals surface area (Å²) in [6.45, 7) is 2.01. The van der Waals surface area contributed by atoms with Crippen LogP contribution in [0.4, 0.5) is 5.69 Å². The SMILES string of the molecule is C/C=S(\c1ccc(C(=O)O)cc1)N(C)c1ccc(OC)cc1. The smallest absolute Gasteiger partial charge is 0.335 e. The van der Waals surface area contributed by atoms with Crippen LogP contribution in [0.5, 0.6) is 5.75 Å². The Morgan fingerprint density at radius 2 is 1.73 bits per heavy atom. The second-order valence-corrected chi connectivity index (χ2v) is 6.69. The topological polar surface area (TPSA) is 49.8 Å². The maximum Gasteiger partial charge on any atom is 0.335 e. The van der Waals surface area contributed by atoms with E-state index in [1.165, 1.54) is 0 Å². The summed E-state index contributed by atoms with van der Waals surface area (Å²) in [5.41, 5.74) is 1.38. The van der Waals surface area contributed by atoms with Crippen LogP contribution < -0.4 is 9.04 Å². The maximum absolute atomic E-state index is 10.9. The number of anilines is 1. The molecule has 0 heterocycles. The van der Waals surface area contributed by atoms with Crippen molar-refractivity contribution in [2.75, 3.05) is 18.5 Å². The lowest BCUT2D eigenvalue weighted by Gasteiger charge is -2.24. The number of nitrogens with zero attached hydrogens (tertiary/aromatic N) is 1. The molecule has 1 N–H and O–H groups in total. The van der Waals surface area contributed by atoms with Gasteiger partial charge in [0.15, 0.2) is 0 Å². The fourth-order valence-electron chi connectivity index (χ4n) is 2.09. The monoisotopic (exact) mass is 317 g/mol. The Balaban J connectivity index is 2.28. The quantitative estimate of drug-likeness (QED) is 0.850. The van der Waals surface area contributed by atoms with Crippen molar-refractivity contribution in [1.29, 1.82) is 0 Å². The third-order valence-corrected chi connectivity index (χ3v) is 5.30. The van der Waals surface area contributed by atoms with Gasteiger partial charge in [0.1, 0.15) is 5.75 Å². The first-order chi connectivity index (χ1) is 10.6. The van der Waals surface area contributed by atoms with Gasteiger partial charge in [-0.2, -0.15) is 0 Å². The molecule has 0 saturated carbocycles. The molecule has 22 heavy (non-hydrogen) atoms. The Hall–Kier alpha value is -2.27. The molecule has 1 unspecified atom stereocenters. The number of carboxylic acid groups (broad SMARTS) is 1. The highest BCUT2D eigenvalue weighted by molar-refractivity contribution is 8.16. The summed E-state index contributed by atoms with van der Waals surface area (Å²) in [6, 6.07) is 14.9. The van der Waals surface area contributed by atoms with Gasteiger partial charge in [-0.25, -0.2) is 4.79 Å². The first-order valence-electron chi connectivity index (χ1n) is 6.80. The van der Waals surface area contributed by atoms with Gasteiger partial charge in [0.05, 0.1) is 12.7 Å². The van der Waals surface area contributed by atoms with Crippen molar-refractivity contribution in [3.8, 4) is 5.75 Å². The first kappa shape index (κ1) is 16.1. The van der Waals surface area contributed by atoms with Gasteiger partial charge in [-0.3, -0.25) is 0 Å². The van der Waals surface area contributed by atoms with E-state index in [-0.39, 0.29) is 10.7 Å². The average molecular weight is 317 g/mol. The fraction of sp³-hybridized carbons (Fsp3) is 0.176. The van der Waals surface area contributed by atoms with Crippen LogP contribution in [0.25, 0.3) is 0 Å². The summed E-state index contributed by atoms with van der Waals surface area (Å²) < 4.78 is 7.34. The molecule has 0 amide bonds. The van der Waals surface area contributed by atoms with Gasteiger partial charge in [-0.1, -0.05) is 10.7 Å². The molecule has 1 atom stereocenters. The number of carbonyl (C=O) groups is 1. The van der Waals surface area contributed by atoms with E-state index in [4.69, 9.17) is 9.84 Å². The minimum absolute atomic E-state index is 0.246. The molecule has 0 aliphatic heterocycles. The number of rotatable bonds is 5. The van der Waals surface area contributed by atoms with Crippen LogP contribution in [0.2, 0.25) is 0 Å². The van der Waals surface area contributed by atoms with Gasteiger partial charge in [0, 0.05) is 17.6 Å². The van der Waals surface area contributed by atoms with Crippen molar-refractivity contribution < 1.29 is 14.6 Å². The third kappa shape index (κ3) is 3.49.